The van der Waals surface area contributed by atoms with Crippen molar-refractivity contribution in [3.63, 3.8) is 0 Å². The Balaban J connectivity index is 2.05. The Morgan fingerprint density at radius 1 is 1.20 bits per heavy atom. The van der Waals surface area contributed by atoms with Crippen LogP contribution in [0.2, 0.25) is 0 Å². The molecule has 0 saturated carbocycles. The molecule has 1 N–H and O–H groups in total. The Bertz CT molecular complexity index is 104. The average molecular weight is 141 g/mol. The van der Waals surface area contributed by atoms with E-state index in [4.69, 9.17) is 4.74 Å². The van der Waals surface area contributed by atoms with Gasteiger partial charge in [0.1, 0.15) is 0 Å². The van der Waals surface area contributed by atoms with E-state index in [0.29, 0.717) is 0 Å². The lowest BCUT2D eigenvalue weighted by atomic mass is 9.79. The highest BCUT2D eigenvalue weighted by Crippen LogP contribution is 2.28. The van der Waals surface area contributed by atoms with Crippen molar-refractivity contribution in [1.82, 2.24) is 5.32 Å². The predicted molar refractivity (Wildman–Crippen MR) is 39.8 cm³/mol. The van der Waals surface area contributed by atoms with Crippen LogP contribution in [-0.4, -0.2) is 26.3 Å². The first-order valence-corrected chi connectivity index (χ1v) is 4.16. The predicted octanol–water partition coefficient (Wildman–Crippen LogP) is 0.488. The smallest absolute Gasteiger partial charge is 0.0509 e. The molecule has 2 aliphatic rings. The van der Waals surface area contributed by atoms with Gasteiger partial charge in [0, 0.05) is 13.1 Å². The van der Waals surface area contributed by atoms with Crippen molar-refractivity contribution in [3.05, 3.63) is 0 Å². The Hall–Kier alpha value is -0.0800. The number of hydrogen-bond acceptors (Lipinski definition) is 2. The summed E-state index contributed by atoms with van der Waals surface area (Å²) in [6, 6.07) is 0. The summed E-state index contributed by atoms with van der Waals surface area (Å²) >= 11 is 0. The summed E-state index contributed by atoms with van der Waals surface area (Å²) in [6.07, 6.45) is 0. The van der Waals surface area contributed by atoms with Crippen molar-refractivity contribution in [3.8, 4) is 0 Å². The Kier molecular flexibility index (Phi) is 1.66. The SMILES string of the molecule is CC1C2CNCC1COC2. The number of fused-ring (bicyclic) bond motifs is 2. The maximum absolute atomic E-state index is 5.47. The lowest BCUT2D eigenvalue weighted by Crippen LogP contribution is -2.49. The van der Waals surface area contributed by atoms with Crippen LogP contribution in [0.4, 0.5) is 0 Å². The molecule has 2 heteroatoms. The van der Waals surface area contributed by atoms with Gasteiger partial charge in [0.2, 0.25) is 0 Å². The van der Waals surface area contributed by atoms with Gasteiger partial charge in [-0.25, -0.2) is 0 Å². The van der Waals surface area contributed by atoms with Crippen LogP contribution in [0.3, 0.4) is 0 Å². The second-order valence-electron chi connectivity index (χ2n) is 3.57. The van der Waals surface area contributed by atoms with Gasteiger partial charge >= 0.3 is 0 Å². The molecule has 0 aromatic heterocycles. The molecule has 0 aromatic rings. The van der Waals surface area contributed by atoms with Crippen molar-refractivity contribution in [2.24, 2.45) is 17.8 Å². The summed E-state index contributed by atoms with van der Waals surface area (Å²) in [5, 5.41) is 3.44. The first kappa shape index (κ1) is 6.62. The Labute approximate surface area is 61.9 Å². The fourth-order valence-electron chi connectivity index (χ4n) is 2.00. The highest BCUT2D eigenvalue weighted by Gasteiger charge is 2.33. The molecule has 58 valence electrons. The topological polar surface area (TPSA) is 21.3 Å². The van der Waals surface area contributed by atoms with E-state index in [2.05, 4.69) is 12.2 Å². The van der Waals surface area contributed by atoms with Gasteiger partial charge in [-0.1, -0.05) is 6.92 Å². The van der Waals surface area contributed by atoms with Gasteiger partial charge < -0.3 is 10.1 Å². The zero-order valence-electron chi connectivity index (χ0n) is 6.47. The largest absolute Gasteiger partial charge is 0.381 e. The molecule has 2 fully saturated rings. The maximum atomic E-state index is 5.47. The van der Waals surface area contributed by atoms with Gasteiger partial charge in [0.25, 0.3) is 0 Å². The molecule has 10 heavy (non-hydrogen) atoms. The van der Waals surface area contributed by atoms with Crippen LogP contribution in [0.25, 0.3) is 0 Å². The van der Waals surface area contributed by atoms with E-state index in [1.165, 1.54) is 0 Å². The molecule has 2 saturated heterocycles. The van der Waals surface area contributed by atoms with E-state index >= 15 is 0 Å². The van der Waals surface area contributed by atoms with Crippen molar-refractivity contribution in [2.45, 2.75) is 6.92 Å². The minimum Gasteiger partial charge on any atom is -0.381 e. The first-order chi connectivity index (χ1) is 4.88. The van der Waals surface area contributed by atoms with Crippen molar-refractivity contribution < 1.29 is 4.74 Å². The van der Waals surface area contributed by atoms with E-state index in [-0.39, 0.29) is 0 Å². The number of piperidine rings is 1. The number of nitrogens with one attached hydrogen (secondary N) is 1. The van der Waals surface area contributed by atoms with Crippen LogP contribution in [0.5, 0.6) is 0 Å². The van der Waals surface area contributed by atoms with E-state index in [9.17, 15) is 0 Å². The van der Waals surface area contributed by atoms with Crippen LogP contribution in [0, 0.1) is 17.8 Å². The minimum atomic E-state index is 0.785. The van der Waals surface area contributed by atoms with E-state index < -0.39 is 0 Å². The van der Waals surface area contributed by atoms with E-state index in [0.717, 1.165) is 44.1 Å². The third-order valence-corrected chi connectivity index (χ3v) is 2.96. The molecule has 2 nitrogen and oxygen atoms in total. The van der Waals surface area contributed by atoms with Gasteiger partial charge in [-0.3, -0.25) is 0 Å². The summed E-state index contributed by atoms with van der Waals surface area (Å²) in [4.78, 5) is 0. The fraction of sp³-hybridized carbons (Fsp3) is 1.00. The van der Waals surface area contributed by atoms with E-state index in [1.54, 1.807) is 0 Å². The second-order valence-corrected chi connectivity index (χ2v) is 3.57. The second kappa shape index (κ2) is 2.51. The summed E-state index contributed by atoms with van der Waals surface area (Å²) in [5.74, 6) is 2.45. The average Bonchev–Trinajstić information content (AvgIpc) is 1.86. The highest BCUT2D eigenvalue weighted by molar-refractivity contribution is 4.84. The monoisotopic (exact) mass is 141 g/mol. The minimum absolute atomic E-state index is 0.785. The molecule has 2 unspecified atom stereocenters. The summed E-state index contributed by atoms with van der Waals surface area (Å²) in [6.45, 7) is 6.64. The molecule has 2 atom stereocenters. The van der Waals surface area contributed by atoms with Gasteiger partial charge in [0.15, 0.2) is 0 Å². The van der Waals surface area contributed by atoms with Crippen LogP contribution in [0.1, 0.15) is 6.92 Å². The Morgan fingerprint density at radius 3 is 2.30 bits per heavy atom. The lowest BCUT2D eigenvalue weighted by Gasteiger charge is -2.40. The van der Waals surface area contributed by atoms with Crippen molar-refractivity contribution in [1.29, 1.82) is 0 Å². The summed E-state index contributed by atoms with van der Waals surface area (Å²) < 4.78 is 5.47. The molecule has 2 rings (SSSR count). The summed E-state index contributed by atoms with van der Waals surface area (Å²) in [7, 11) is 0. The van der Waals surface area contributed by atoms with Crippen LogP contribution >= 0.6 is 0 Å². The zero-order chi connectivity index (χ0) is 6.97. The van der Waals surface area contributed by atoms with Gasteiger partial charge in [-0.05, 0) is 17.8 Å². The molecule has 0 aliphatic carbocycles. The fourth-order valence-corrected chi connectivity index (χ4v) is 2.00. The third kappa shape index (κ3) is 0.956. The highest BCUT2D eigenvalue weighted by atomic mass is 16.5. The molecule has 0 aromatic carbocycles. The molecular weight excluding hydrogens is 126 g/mol. The zero-order valence-corrected chi connectivity index (χ0v) is 6.47. The van der Waals surface area contributed by atoms with Gasteiger partial charge in [0.05, 0.1) is 13.2 Å². The van der Waals surface area contributed by atoms with Gasteiger partial charge in [-0.15, -0.1) is 0 Å². The molecule has 0 radical (unpaired) electrons. The molecule has 2 heterocycles. The summed E-state index contributed by atoms with van der Waals surface area (Å²) in [5.41, 5.74) is 0. The number of hydrogen-bond donors (Lipinski definition) is 1. The van der Waals surface area contributed by atoms with Crippen molar-refractivity contribution >= 4 is 0 Å². The third-order valence-electron chi connectivity index (χ3n) is 2.96. The standard InChI is InChI=1S/C8H15NO/c1-6-7-2-9-3-8(6)5-10-4-7/h6-9H,2-5H2,1H3. The first-order valence-electron chi connectivity index (χ1n) is 4.16. The molecule has 0 spiro atoms. The lowest BCUT2D eigenvalue weighted by molar-refractivity contribution is -0.0395. The van der Waals surface area contributed by atoms with Crippen LogP contribution in [0.15, 0.2) is 0 Å². The maximum Gasteiger partial charge on any atom is 0.0509 e. The van der Waals surface area contributed by atoms with Crippen molar-refractivity contribution in [2.75, 3.05) is 26.3 Å². The molecule has 0 amide bonds. The normalized spacial score (nSPS) is 47.1. The molecule has 2 aliphatic heterocycles. The van der Waals surface area contributed by atoms with Crippen LogP contribution in [-0.2, 0) is 4.74 Å². The molecule has 2 bridgehead atoms. The van der Waals surface area contributed by atoms with E-state index in [1.807, 2.05) is 0 Å². The van der Waals surface area contributed by atoms with Crippen LogP contribution < -0.4 is 5.32 Å². The number of ether oxygens (including phenoxy) is 1. The molecular formula is C8H15NO. The Morgan fingerprint density at radius 2 is 1.80 bits per heavy atom. The van der Waals surface area contributed by atoms with Gasteiger partial charge in [-0.2, -0.15) is 0 Å². The quantitative estimate of drug-likeness (QED) is 0.530. The number of rotatable bonds is 0.